The van der Waals surface area contributed by atoms with E-state index in [1.54, 1.807) is 11.8 Å². The summed E-state index contributed by atoms with van der Waals surface area (Å²) < 4.78 is 38.1. The normalized spacial score (nSPS) is 14.9. The molecule has 0 atom stereocenters. The van der Waals surface area contributed by atoms with E-state index in [1.807, 2.05) is 17.8 Å². The number of hydrogen-bond donors (Lipinski definition) is 0. The Morgan fingerprint density at radius 3 is 2.68 bits per heavy atom. The highest BCUT2D eigenvalue weighted by atomic mass is 32.2. The first-order chi connectivity index (χ1) is 13.4. The van der Waals surface area contributed by atoms with E-state index in [-0.39, 0.29) is 0 Å². The highest BCUT2D eigenvalue weighted by molar-refractivity contribution is 7.98. The first-order valence-electron chi connectivity index (χ1n) is 8.65. The number of hydrogen-bond acceptors (Lipinski definition) is 6. The Hall–Kier alpha value is -1.97. The Morgan fingerprint density at radius 2 is 1.96 bits per heavy atom. The van der Waals surface area contributed by atoms with Crippen molar-refractivity contribution in [3.63, 3.8) is 0 Å². The van der Waals surface area contributed by atoms with Crippen molar-refractivity contribution in [3.8, 4) is 10.6 Å². The molecule has 0 saturated heterocycles. The Kier molecular flexibility index (Phi) is 5.39. The summed E-state index contributed by atoms with van der Waals surface area (Å²) in [6.45, 7) is 2.36. The molecule has 0 saturated carbocycles. The number of nitrogens with zero attached hydrogens (tertiary/aromatic N) is 4. The summed E-state index contributed by atoms with van der Waals surface area (Å²) in [5, 5.41) is 3.50. The summed E-state index contributed by atoms with van der Waals surface area (Å²) in [7, 11) is 0. The minimum atomic E-state index is -4.32. The van der Waals surface area contributed by atoms with Gasteiger partial charge < -0.3 is 0 Å². The molecule has 0 aliphatic carbocycles. The fourth-order valence-electron chi connectivity index (χ4n) is 3.13. The van der Waals surface area contributed by atoms with E-state index in [0.29, 0.717) is 12.1 Å². The van der Waals surface area contributed by atoms with E-state index < -0.39 is 11.7 Å². The standard InChI is InChI=1S/C19H17F3N4S2/c1-27-18-23-8-13-9-26(7-6-16(13)25-18)10-15-11-28-17(24-15)12-2-4-14(5-3-12)19(20,21)22/h2-5,8,11H,6-7,9-10H2,1H3. The van der Waals surface area contributed by atoms with Gasteiger partial charge in [-0.25, -0.2) is 15.0 Å². The van der Waals surface area contributed by atoms with Gasteiger partial charge in [-0.3, -0.25) is 4.90 Å². The predicted octanol–water partition coefficient (Wildman–Crippen LogP) is 4.90. The molecule has 2 aromatic heterocycles. The second kappa shape index (κ2) is 7.81. The molecule has 146 valence electrons. The van der Waals surface area contributed by atoms with Crippen molar-refractivity contribution < 1.29 is 13.2 Å². The van der Waals surface area contributed by atoms with Crippen LogP contribution in [0.5, 0.6) is 0 Å². The summed E-state index contributed by atoms with van der Waals surface area (Å²) in [5.41, 5.74) is 3.23. The number of benzene rings is 1. The van der Waals surface area contributed by atoms with Crippen LogP contribution in [0.4, 0.5) is 13.2 Å². The molecule has 1 aliphatic heterocycles. The lowest BCUT2D eigenvalue weighted by Crippen LogP contribution is -2.31. The van der Waals surface area contributed by atoms with Crippen LogP contribution in [0.15, 0.2) is 41.0 Å². The van der Waals surface area contributed by atoms with Crippen molar-refractivity contribution in [3.05, 3.63) is 58.4 Å². The van der Waals surface area contributed by atoms with Gasteiger partial charge in [0.15, 0.2) is 5.16 Å². The molecule has 3 aromatic rings. The molecule has 1 aromatic carbocycles. The second-order valence-electron chi connectivity index (χ2n) is 6.51. The molecule has 0 radical (unpaired) electrons. The van der Waals surface area contributed by atoms with Crippen LogP contribution in [0, 0.1) is 0 Å². The molecule has 9 heteroatoms. The van der Waals surface area contributed by atoms with Gasteiger partial charge in [0.25, 0.3) is 0 Å². The zero-order valence-electron chi connectivity index (χ0n) is 15.0. The maximum absolute atomic E-state index is 12.7. The van der Waals surface area contributed by atoms with Gasteiger partial charge in [-0.1, -0.05) is 23.9 Å². The number of aromatic nitrogens is 3. The van der Waals surface area contributed by atoms with Gasteiger partial charge in [0.2, 0.25) is 0 Å². The zero-order chi connectivity index (χ0) is 19.7. The second-order valence-corrected chi connectivity index (χ2v) is 8.14. The third kappa shape index (κ3) is 4.21. The van der Waals surface area contributed by atoms with Gasteiger partial charge >= 0.3 is 6.18 Å². The van der Waals surface area contributed by atoms with Crippen molar-refractivity contribution in [1.82, 2.24) is 19.9 Å². The summed E-state index contributed by atoms with van der Waals surface area (Å²) in [5.74, 6) is 0. The lowest BCUT2D eigenvalue weighted by Gasteiger charge is -2.27. The third-order valence-corrected chi connectivity index (χ3v) is 6.07. The minimum absolute atomic E-state index is 0.646. The molecule has 0 unspecified atom stereocenters. The molecule has 0 amide bonds. The van der Waals surface area contributed by atoms with Gasteiger partial charge in [-0.05, 0) is 18.4 Å². The van der Waals surface area contributed by atoms with Crippen LogP contribution in [0.25, 0.3) is 10.6 Å². The third-order valence-electron chi connectivity index (χ3n) is 4.57. The molecular weight excluding hydrogens is 405 g/mol. The highest BCUT2D eigenvalue weighted by Gasteiger charge is 2.30. The van der Waals surface area contributed by atoms with E-state index >= 15 is 0 Å². The number of rotatable bonds is 4. The first-order valence-corrected chi connectivity index (χ1v) is 10.8. The Bertz CT molecular complexity index is 970. The van der Waals surface area contributed by atoms with E-state index in [4.69, 9.17) is 0 Å². The zero-order valence-corrected chi connectivity index (χ0v) is 16.7. The fourth-order valence-corrected chi connectivity index (χ4v) is 4.31. The molecular formula is C19H17F3N4S2. The first kappa shape index (κ1) is 19.4. The van der Waals surface area contributed by atoms with E-state index in [1.165, 1.54) is 23.5 Å². The van der Waals surface area contributed by atoms with Crippen molar-refractivity contribution >= 4 is 23.1 Å². The maximum atomic E-state index is 12.7. The summed E-state index contributed by atoms with van der Waals surface area (Å²) >= 11 is 2.99. The average Bonchev–Trinajstić information content (AvgIpc) is 3.15. The number of halogens is 3. The van der Waals surface area contributed by atoms with Crippen molar-refractivity contribution in [2.45, 2.75) is 30.8 Å². The number of alkyl halides is 3. The smallest absolute Gasteiger partial charge is 0.293 e. The molecule has 0 N–H and O–H groups in total. The molecule has 0 bridgehead atoms. The molecule has 1 aliphatic rings. The minimum Gasteiger partial charge on any atom is -0.293 e. The average molecular weight is 423 g/mol. The van der Waals surface area contributed by atoms with Gasteiger partial charge in [0, 0.05) is 48.8 Å². The van der Waals surface area contributed by atoms with Crippen LogP contribution in [-0.4, -0.2) is 32.7 Å². The largest absolute Gasteiger partial charge is 0.416 e. The van der Waals surface area contributed by atoms with Gasteiger partial charge in [-0.15, -0.1) is 11.3 Å². The fraction of sp³-hybridized carbons (Fsp3) is 0.316. The summed E-state index contributed by atoms with van der Waals surface area (Å²) in [4.78, 5) is 15.8. The van der Waals surface area contributed by atoms with E-state index in [2.05, 4.69) is 19.9 Å². The molecule has 28 heavy (non-hydrogen) atoms. The number of fused-ring (bicyclic) bond motifs is 1. The van der Waals surface area contributed by atoms with Crippen LogP contribution in [0.2, 0.25) is 0 Å². The quantitative estimate of drug-likeness (QED) is 0.442. The van der Waals surface area contributed by atoms with Crippen molar-refractivity contribution in [2.24, 2.45) is 0 Å². The molecule has 0 spiro atoms. The van der Waals surface area contributed by atoms with E-state index in [9.17, 15) is 13.2 Å². The molecule has 4 rings (SSSR count). The SMILES string of the molecule is CSc1ncc2c(n1)CCN(Cc1csc(-c3ccc(C(F)(F)F)cc3)n1)C2. The highest BCUT2D eigenvalue weighted by Crippen LogP contribution is 2.32. The molecule has 3 heterocycles. The Labute approximate surface area is 168 Å². The number of thiazole rings is 1. The van der Waals surface area contributed by atoms with Crippen LogP contribution in [-0.2, 0) is 25.7 Å². The maximum Gasteiger partial charge on any atom is 0.416 e. The van der Waals surface area contributed by atoms with Gasteiger partial charge in [-0.2, -0.15) is 13.2 Å². The molecule has 0 fully saturated rings. The van der Waals surface area contributed by atoms with Crippen LogP contribution < -0.4 is 0 Å². The predicted molar refractivity (Wildman–Crippen MR) is 104 cm³/mol. The van der Waals surface area contributed by atoms with E-state index in [0.717, 1.165) is 58.8 Å². The van der Waals surface area contributed by atoms with Gasteiger partial charge in [0.1, 0.15) is 5.01 Å². The topological polar surface area (TPSA) is 41.9 Å². The Balaban J connectivity index is 1.44. The number of thioether (sulfide) groups is 1. The molecule has 4 nitrogen and oxygen atoms in total. The van der Waals surface area contributed by atoms with Crippen molar-refractivity contribution in [2.75, 3.05) is 12.8 Å². The summed E-state index contributed by atoms with van der Waals surface area (Å²) in [6, 6.07) is 5.15. The monoisotopic (exact) mass is 422 g/mol. The van der Waals surface area contributed by atoms with Crippen LogP contribution >= 0.6 is 23.1 Å². The summed E-state index contributed by atoms with van der Waals surface area (Å²) in [6.07, 6.45) is 0.418. The Morgan fingerprint density at radius 1 is 1.18 bits per heavy atom. The van der Waals surface area contributed by atoms with Crippen LogP contribution in [0.3, 0.4) is 0 Å². The van der Waals surface area contributed by atoms with Gasteiger partial charge in [0.05, 0.1) is 17.0 Å². The van der Waals surface area contributed by atoms with Crippen molar-refractivity contribution in [1.29, 1.82) is 0 Å². The van der Waals surface area contributed by atoms with Crippen LogP contribution in [0.1, 0.15) is 22.5 Å². The lowest BCUT2D eigenvalue weighted by molar-refractivity contribution is -0.137. The lowest BCUT2D eigenvalue weighted by atomic mass is 10.1.